The van der Waals surface area contributed by atoms with Gasteiger partial charge in [-0.3, -0.25) is 4.79 Å². The van der Waals surface area contributed by atoms with E-state index < -0.39 is 30.9 Å². The number of unbranched alkanes of at least 4 members (excludes halogenated alkanes) is 6. The number of ether oxygens (including phenoxy) is 2. The quantitative estimate of drug-likeness (QED) is 0.367. The molecule has 7 heteroatoms. The van der Waals surface area contributed by atoms with Crippen molar-refractivity contribution >= 4 is 11.8 Å². The van der Waals surface area contributed by atoms with Crippen LogP contribution in [0, 0.1) is 0 Å². The van der Waals surface area contributed by atoms with Crippen LogP contribution in [0.5, 0.6) is 0 Å². The number of carbonyl (C=O) groups is 2. The van der Waals surface area contributed by atoms with Crippen molar-refractivity contribution in [1.82, 2.24) is 0 Å². The molecule has 1 rings (SSSR count). The van der Waals surface area contributed by atoms with Gasteiger partial charge in [0.15, 0.2) is 6.29 Å². The van der Waals surface area contributed by atoms with E-state index in [9.17, 15) is 24.9 Å². The first-order chi connectivity index (χ1) is 11.9. The van der Waals surface area contributed by atoms with Crippen LogP contribution in [0.25, 0.3) is 0 Å². The molecule has 1 heterocycles. The van der Waals surface area contributed by atoms with Crippen LogP contribution < -0.4 is 5.11 Å². The lowest BCUT2D eigenvalue weighted by atomic mass is 10.0. The molecule has 2 N–H and O–H groups in total. The second kappa shape index (κ2) is 12.4. The van der Waals surface area contributed by atoms with Crippen molar-refractivity contribution in [2.45, 2.75) is 95.7 Å². The molecule has 0 amide bonds. The lowest BCUT2D eigenvalue weighted by molar-refractivity contribution is -0.304. The second-order valence-electron chi connectivity index (χ2n) is 6.76. The maximum Gasteiger partial charge on any atom is 0.183 e. The Morgan fingerprint density at radius 1 is 1.04 bits per heavy atom. The summed E-state index contributed by atoms with van der Waals surface area (Å²) in [5.74, 6) is -1.56. The number of ketones is 1. The highest BCUT2D eigenvalue weighted by atomic mass is 16.7. The zero-order valence-corrected chi connectivity index (χ0v) is 15.0. The molecule has 1 aliphatic heterocycles. The van der Waals surface area contributed by atoms with Gasteiger partial charge in [-0.1, -0.05) is 32.1 Å². The molecule has 1 fully saturated rings. The topological polar surface area (TPSA) is 116 Å². The van der Waals surface area contributed by atoms with Crippen molar-refractivity contribution < 1.29 is 34.4 Å². The Bertz CT molecular complexity index is 399. The van der Waals surface area contributed by atoms with E-state index in [0.717, 1.165) is 44.9 Å². The van der Waals surface area contributed by atoms with Crippen molar-refractivity contribution in [2.24, 2.45) is 0 Å². The minimum absolute atomic E-state index is 0.258. The molecule has 146 valence electrons. The van der Waals surface area contributed by atoms with E-state index >= 15 is 0 Å². The van der Waals surface area contributed by atoms with Gasteiger partial charge in [-0.2, -0.15) is 0 Å². The third-order valence-corrected chi connectivity index (χ3v) is 4.41. The molecule has 1 aliphatic rings. The normalized spacial score (nSPS) is 26.5. The van der Waals surface area contributed by atoms with E-state index in [1.165, 1.54) is 0 Å². The van der Waals surface area contributed by atoms with E-state index in [4.69, 9.17) is 9.47 Å². The smallest absolute Gasteiger partial charge is 0.183 e. The average molecular weight is 359 g/mol. The summed E-state index contributed by atoms with van der Waals surface area (Å²) >= 11 is 0. The zero-order chi connectivity index (χ0) is 18.7. The molecule has 0 aliphatic carbocycles. The van der Waals surface area contributed by atoms with E-state index in [2.05, 4.69) is 0 Å². The lowest BCUT2D eigenvalue weighted by Gasteiger charge is -2.35. The number of aliphatic hydroxyl groups is 2. The SMILES string of the molecule is C[C@@H]1O[C@@H](OCCCCCCCCCC(=O)CC(=O)[O-])[C@H](O)C[C@H]1O. The van der Waals surface area contributed by atoms with Gasteiger partial charge in [-0.05, 0) is 19.8 Å². The third kappa shape index (κ3) is 9.89. The number of aliphatic hydroxyl groups excluding tert-OH is 2. The maximum atomic E-state index is 11.2. The fraction of sp³-hybridized carbons (Fsp3) is 0.889. The molecule has 0 aromatic rings. The van der Waals surface area contributed by atoms with Gasteiger partial charge in [0.05, 0.1) is 12.2 Å². The van der Waals surface area contributed by atoms with Gasteiger partial charge in [-0.15, -0.1) is 0 Å². The van der Waals surface area contributed by atoms with E-state index in [-0.39, 0.29) is 18.3 Å². The van der Waals surface area contributed by atoms with E-state index in [1.807, 2.05) is 0 Å². The largest absolute Gasteiger partial charge is 0.550 e. The Balaban J connectivity index is 1.90. The van der Waals surface area contributed by atoms with Crippen molar-refractivity contribution in [2.75, 3.05) is 6.61 Å². The molecular weight excluding hydrogens is 328 g/mol. The molecule has 0 unspecified atom stereocenters. The van der Waals surface area contributed by atoms with Crippen LogP contribution in [-0.2, 0) is 19.1 Å². The summed E-state index contributed by atoms with van der Waals surface area (Å²) < 4.78 is 11.0. The van der Waals surface area contributed by atoms with Crippen molar-refractivity contribution in [3.8, 4) is 0 Å². The molecule has 25 heavy (non-hydrogen) atoms. The molecule has 4 atom stereocenters. The maximum absolute atomic E-state index is 11.2. The number of carbonyl (C=O) groups excluding carboxylic acids is 2. The van der Waals surface area contributed by atoms with Gasteiger partial charge in [0.25, 0.3) is 0 Å². The Morgan fingerprint density at radius 2 is 1.64 bits per heavy atom. The van der Waals surface area contributed by atoms with Crippen LogP contribution >= 0.6 is 0 Å². The van der Waals surface area contributed by atoms with Crippen molar-refractivity contribution in [1.29, 1.82) is 0 Å². The number of rotatable bonds is 13. The van der Waals surface area contributed by atoms with Crippen LogP contribution in [0.3, 0.4) is 0 Å². The van der Waals surface area contributed by atoms with E-state index in [0.29, 0.717) is 13.0 Å². The fourth-order valence-electron chi connectivity index (χ4n) is 2.85. The summed E-state index contributed by atoms with van der Waals surface area (Å²) in [5.41, 5.74) is 0. The minimum Gasteiger partial charge on any atom is -0.550 e. The standard InChI is InChI=1S/C18H32O7/c1-13-15(20)12-16(21)18(25-13)24-10-8-6-4-2-3-5-7-9-14(19)11-17(22)23/h13,15-16,18,20-21H,2-12H2,1H3,(H,22,23)/p-1/t13-,15+,16+,18+/m0/s1. The summed E-state index contributed by atoms with van der Waals surface area (Å²) in [5, 5.41) is 29.6. The molecule has 0 saturated carbocycles. The molecule has 0 aromatic carbocycles. The van der Waals surface area contributed by atoms with Gasteiger partial charge < -0.3 is 29.6 Å². The van der Waals surface area contributed by atoms with E-state index in [1.54, 1.807) is 6.92 Å². The molecule has 0 aromatic heterocycles. The summed E-state index contributed by atoms with van der Waals surface area (Å²) in [6.45, 7) is 2.28. The predicted molar refractivity (Wildman–Crippen MR) is 88.5 cm³/mol. The van der Waals surface area contributed by atoms with Gasteiger partial charge in [-0.25, -0.2) is 0 Å². The second-order valence-corrected chi connectivity index (χ2v) is 6.76. The molecule has 0 bridgehead atoms. The first-order valence-electron chi connectivity index (χ1n) is 9.25. The molecule has 1 saturated heterocycles. The minimum atomic E-state index is -1.30. The summed E-state index contributed by atoms with van der Waals surface area (Å²) in [4.78, 5) is 21.4. The van der Waals surface area contributed by atoms with Crippen molar-refractivity contribution in [3.63, 3.8) is 0 Å². The van der Waals surface area contributed by atoms with Crippen LogP contribution in [0.4, 0.5) is 0 Å². The number of aliphatic carboxylic acids is 1. The highest BCUT2D eigenvalue weighted by Gasteiger charge is 2.34. The lowest BCUT2D eigenvalue weighted by Crippen LogP contribution is -2.47. The summed E-state index contributed by atoms with van der Waals surface area (Å²) in [6, 6.07) is 0. The first-order valence-corrected chi connectivity index (χ1v) is 9.25. The zero-order valence-electron chi connectivity index (χ0n) is 15.0. The van der Waals surface area contributed by atoms with Crippen LogP contribution in [-0.4, -0.2) is 53.2 Å². The van der Waals surface area contributed by atoms with Gasteiger partial charge in [0.2, 0.25) is 0 Å². The van der Waals surface area contributed by atoms with Crippen LogP contribution in [0.15, 0.2) is 0 Å². The van der Waals surface area contributed by atoms with Gasteiger partial charge in [0, 0.05) is 31.8 Å². The van der Waals surface area contributed by atoms with Crippen molar-refractivity contribution in [3.05, 3.63) is 0 Å². The molecule has 0 radical (unpaired) electrons. The predicted octanol–water partition coefficient (Wildman–Crippen LogP) is 0.690. The van der Waals surface area contributed by atoms with Gasteiger partial charge in [0.1, 0.15) is 11.9 Å². The number of Topliss-reactive ketones (excluding diaryl/α,β-unsaturated/α-hetero) is 1. The number of hydrogen-bond donors (Lipinski definition) is 2. The first kappa shape index (κ1) is 22.0. The number of carboxylic acids is 1. The Labute approximate surface area is 149 Å². The third-order valence-electron chi connectivity index (χ3n) is 4.41. The molecule has 7 nitrogen and oxygen atoms in total. The van der Waals surface area contributed by atoms with Crippen LogP contribution in [0.2, 0.25) is 0 Å². The Morgan fingerprint density at radius 3 is 2.28 bits per heavy atom. The van der Waals surface area contributed by atoms with Crippen LogP contribution in [0.1, 0.15) is 71.1 Å². The summed E-state index contributed by atoms with van der Waals surface area (Å²) in [7, 11) is 0. The highest BCUT2D eigenvalue weighted by molar-refractivity contribution is 5.93. The fourth-order valence-corrected chi connectivity index (χ4v) is 2.85. The Hall–Kier alpha value is -1.02. The number of carboxylic acid groups (broad SMARTS) is 1. The summed E-state index contributed by atoms with van der Waals surface area (Å²) in [6.07, 6.45) is 4.43. The Kier molecular flexibility index (Phi) is 10.9. The molecular formula is C18H31O7-. The highest BCUT2D eigenvalue weighted by Crippen LogP contribution is 2.21. The number of hydrogen-bond acceptors (Lipinski definition) is 7. The average Bonchev–Trinajstić information content (AvgIpc) is 2.53. The monoisotopic (exact) mass is 359 g/mol. The molecule has 0 spiro atoms. The van der Waals surface area contributed by atoms with Gasteiger partial charge >= 0.3 is 0 Å².